The van der Waals surface area contributed by atoms with E-state index in [0.717, 1.165) is 25.9 Å². The molecule has 1 aromatic heterocycles. The van der Waals surface area contributed by atoms with Crippen LogP contribution in [-0.4, -0.2) is 43.5 Å². The number of hydrazine groups is 1. The zero-order valence-corrected chi connectivity index (χ0v) is 12.6. The van der Waals surface area contributed by atoms with Gasteiger partial charge in [-0.05, 0) is 44.8 Å². The summed E-state index contributed by atoms with van der Waals surface area (Å²) < 4.78 is 27.8. The molecule has 2 aliphatic rings. The number of nitrogen functional groups attached to an aromatic ring is 1. The number of sulfonamides is 1. The van der Waals surface area contributed by atoms with Crippen molar-refractivity contribution < 1.29 is 8.42 Å². The normalized spacial score (nSPS) is 26.5. The lowest BCUT2D eigenvalue weighted by Gasteiger charge is -2.34. The van der Waals surface area contributed by atoms with E-state index in [0.29, 0.717) is 11.7 Å². The average molecular weight is 311 g/mol. The lowest BCUT2D eigenvalue weighted by molar-refractivity contribution is 0.176. The lowest BCUT2D eigenvalue weighted by atomic mass is 9.99. The molecule has 4 N–H and O–H groups in total. The number of fused-ring (bicyclic) bond motifs is 1. The Balaban J connectivity index is 1.74. The summed E-state index contributed by atoms with van der Waals surface area (Å²) in [6.45, 7) is 2.11. The molecular weight excluding hydrogens is 290 g/mol. The highest BCUT2D eigenvalue weighted by Gasteiger charge is 2.34. The minimum Gasteiger partial charge on any atom is -0.323 e. The van der Waals surface area contributed by atoms with Gasteiger partial charge in [-0.3, -0.25) is 10.8 Å². The van der Waals surface area contributed by atoms with Crippen LogP contribution in [0.5, 0.6) is 0 Å². The molecule has 0 spiro atoms. The molecule has 1 aromatic rings. The number of hydrogen-bond donors (Lipinski definition) is 3. The van der Waals surface area contributed by atoms with Crippen LogP contribution in [-0.2, 0) is 10.0 Å². The van der Waals surface area contributed by atoms with Gasteiger partial charge in [-0.2, -0.15) is 0 Å². The van der Waals surface area contributed by atoms with Crippen molar-refractivity contribution in [1.82, 2.24) is 14.6 Å². The van der Waals surface area contributed by atoms with Gasteiger partial charge in [-0.25, -0.2) is 13.1 Å². The fourth-order valence-corrected chi connectivity index (χ4v) is 4.72. The maximum Gasteiger partial charge on any atom is 0.244 e. The van der Waals surface area contributed by atoms with Gasteiger partial charge in [-0.15, -0.1) is 0 Å². The zero-order chi connectivity index (χ0) is 14.9. The second kappa shape index (κ2) is 5.88. The van der Waals surface area contributed by atoms with E-state index in [1.807, 2.05) is 0 Å². The Kier molecular flexibility index (Phi) is 4.12. The van der Waals surface area contributed by atoms with Gasteiger partial charge in [0.15, 0.2) is 0 Å². The molecule has 0 saturated carbocycles. The lowest BCUT2D eigenvalue weighted by Crippen LogP contribution is -2.47. The molecule has 0 aromatic carbocycles. The maximum atomic E-state index is 12.5. The smallest absolute Gasteiger partial charge is 0.244 e. The number of pyridine rings is 1. The summed E-state index contributed by atoms with van der Waals surface area (Å²) in [5.41, 5.74) is 2.77. The fraction of sp³-hybridized carbons (Fsp3) is 0.615. The van der Waals surface area contributed by atoms with E-state index in [4.69, 9.17) is 5.84 Å². The van der Waals surface area contributed by atoms with Crippen LogP contribution in [0.4, 0.5) is 5.69 Å². The Morgan fingerprint density at radius 2 is 2.19 bits per heavy atom. The molecule has 2 atom stereocenters. The molecular formula is C13H21N5O2S. The second-order valence-corrected chi connectivity index (χ2v) is 7.37. The molecule has 3 heterocycles. The van der Waals surface area contributed by atoms with Crippen LogP contribution < -0.4 is 16.0 Å². The van der Waals surface area contributed by atoms with Gasteiger partial charge in [-0.1, -0.05) is 0 Å². The van der Waals surface area contributed by atoms with Crippen LogP contribution in [0.1, 0.15) is 25.7 Å². The van der Waals surface area contributed by atoms with E-state index in [2.05, 4.69) is 20.0 Å². The Hall–Kier alpha value is -1.22. The van der Waals surface area contributed by atoms with Gasteiger partial charge >= 0.3 is 0 Å². The summed E-state index contributed by atoms with van der Waals surface area (Å²) in [6.07, 6.45) is 6.94. The average Bonchev–Trinajstić information content (AvgIpc) is 2.94. The van der Waals surface area contributed by atoms with Gasteiger partial charge in [0.05, 0.1) is 5.69 Å². The largest absolute Gasteiger partial charge is 0.323 e. The highest BCUT2D eigenvalue weighted by atomic mass is 32.2. The second-order valence-electron chi connectivity index (χ2n) is 5.69. The number of rotatable bonds is 4. The van der Waals surface area contributed by atoms with Crippen molar-refractivity contribution in [1.29, 1.82) is 0 Å². The van der Waals surface area contributed by atoms with Crippen molar-refractivity contribution >= 4 is 15.7 Å². The topological polar surface area (TPSA) is 100 Å². The van der Waals surface area contributed by atoms with Gasteiger partial charge in [0.2, 0.25) is 10.0 Å². The molecule has 2 unspecified atom stereocenters. The first kappa shape index (κ1) is 14.7. The first-order chi connectivity index (χ1) is 10.1. The van der Waals surface area contributed by atoms with Crippen molar-refractivity contribution in [3.8, 4) is 0 Å². The minimum absolute atomic E-state index is 0.0137. The van der Waals surface area contributed by atoms with Gasteiger partial charge in [0.25, 0.3) is 0 Å². The summed E-state index contributed by atoms with van der Waals surface area (Å²) in [4.78, 5) is 6.44. The highest BCUT2D eigenvalue weighted by Crippen LogP contribution is 2.28. The van der Waals surface area contributed by atoms with Crippen LogP contribution in [0.2, 0.25) is 0 Å². The van der Waals surface area contributed by atoms with Crippen molar-refractivity contribution in [3.63, 3.8) is 0 Å². The van der Waals surface area contributed by atoms with E-state index in [1.54, 1.807) is 6.07 Å². The van der Waals surface area contributed by atoms with E-state index in [1.165, 1.54) is 25.2 Å². The molecule has 8 heteroatoms. The number of anilines is 1. The van der Waals surface area contributed by atoms with E-state index >= 15 is 0 Å². The van der Waals surface area contributed by atoms with Crippen LogP contribution >= 0.6 is 0 Å². The Labute approximate surface area is 124 Å². The van der Waals surface area contributed by atoms with Crippen molar-refractivity contribution in [2.24, 2.45) is 5.84 Å². The highest BCUT2D eigenvalue weighted by molar-refractivity contribution is 7.89. The first-order valence-corrected chi connectivity index (χ1v) is 8.75. The zero-order valence-electron chi connectivity index (χ0n) is 11.8. The van der Waals surface area contributed by atoms with Crippen molar-refractivity contribution in [3.05, 3.63) is 18.5 Å². The third kappa shape index (κ3) is 3.03. The summed E-state index contributed by atoms with van der Waals surface area (Å²) in [7, 11) is -3.60. The molecule has 2 fully saturated rings. The molecule has 7 nitrogen and oxygen atoms in total. The molecule has 0 bridgehead atoms. The minimum atomic E-state index is -3.60. The molecule has 3 rings (SSSR count). The van der Waals surface area contributed by atoms with Crippen LogP contribution in [0, 0.1) is 0 Å². The Morgan fingerprint density at radius 1 is 1.33 bits per heavy atom. The third-order valence-electron chi connectivity index (χ3n) is 4.37. The first-order valence-electron chi connectivity index (χ1n) is 7.27. The van der Waals surface area contributed by atoms with Crippen molar-refractivity contribution in [2.75, 3.05) is 18.5 Å². The number of nitrogens with two attached hydrogens (primary N) is 1. The third-order valence-corrected chi connectivity index (χ3v) is 5.92. The molecule has 2 aliphatic heterocycles. The summed E-state index contributed by atoms with van der Waals surface area (Å²) in [6, 6.07) is 2.06. The number of aromatic nitrogens is 1. The standard InChI is InChI=1S/C13H21N5O2S/c14-16-12-3-5-15-9-13(12)21(19,20)17-10-4-7-18-6-1-2-11(18)8-10/h3,5,9-11,17H,1-2,4,6-8,14H2,(H,15,16). The van der Waals surface area contributed by atoms with Gasteiger partial charge in [0, 0.05) is 24.5 Å². The fourth-order valence-electron chi connectivity index (χ4n) is 3.33. The molecule has 116 valence electrons. The molecule has 0 radical (unpaired) electrons. The number of nitrogens with one attached hydrogen (secondary N) is 2. The van der Waals surface area contributed by atoms with Crippen molar-refractivity contribution in [2.45, 2.75) is 42.7 Å². The van der Waals surface area contributed by atoms with E-state index in [9.17, 15) is 8.42 Å². The predicted molar refractivity (Wildman–Crippen MR) is 80.0 cm³/mol. The summed E-state index contributed by atoms with van der Waals surface area (Å²) in [5, 5.41) is 0. The SMILES string of the molecule is NNc1ccncc1S(=O)(=O)NC1CCN2CCCC2C1. The molecule has 0 amide bonds. The predicted octanol–water partition coefficient (Wildman–Crippen LogP) is 0.272. The van der Waals surface area contributed by atoms with Gasteiger partial charge in [0.1, 0.15) is 4.90 Å². The Morgan fingerprint density at radius 3 is 3.00 bits per heavy atom. The molecule has 21 heavy (non-hydrogen) atoms. The number of piperidine rings is 1. The van der Waals surface area contributed by atoms with E-state index < -0.39 is 10.0 Å². The number of hydrogen-bond acceptors (Lipinski definition) is 6. The summed E-state index contributed by atoms with van der Waals surface area (Å²) in [5.74, 6) is 5.37. The quantitative estimate of drug-likeness (QED) is 0.545. The van der Waals surface area contributed by atoms with Crippen LogP contribution in [0.3, 0.4) is 0 Å². The number of nitrogens with zero attached hydrogens (tertiary/aromatic N) is 2. The van der Waals surface area contributed by atoms with Gasteiger partial charge < -0.3 is 10.3 Å². The Bertz CT molecular complexity index is 606. The molecule has 0 aliphatic carbocycles. The molecule has 2 saturated heterocycles. The van der Waals surface area contributed by atoms with E-state index in [-0.39, 0.29) is 10.9 Å². The maximum absolute atomic E-state index is 12.5. The van der Waals surface area contributed by atoms with Crippen LogP contribution in [0.25, 0.3) is 0 Å². The van der Waals surface area contributed by atoms with Crippen LogP contribution in [0.15, 0.2) is 23.4 Å². The monoisotopic (exact) mass is 311 g/mol. The summed E-state index contributed by atoms with van der Waals surface area (Å²) >= 11 is 0.